The minimum absolute atomic E-state index is 0.167. The van der Waals surface area contributed by atoms with E-state index in [1.54, 1.807) is 30.3 Å². The zero-order chi connectivity index (χ0) is 22.8. The predicted molar refractivity (Wildman–Crippen MR) is 133 cm³/mol. The highest BCUT2D eigenvalue weighted by Crippen LogP contribution is 2.34. The van der Waals surface area contributed by atoms with Crippen molar-refractivity contribution in [3.63, 3.8) is 0 Å². The highest BCUT2D eigenvalue weighted by molar-refractivity contribution is 8.26. The first kappa shape index (κ1) is 22.9. The van der Waals surface area contributed by atoms with Crippen LogP contribution in [0.3, 0.4) is 0 Å². The molecule has 2 aromatic rings. The monoisotopic (exact) mass is 472 g/mol. The molecule has 2 aliphatic heterocycles. The number of carbonyl (C=O) groups is 1. The number of rotatable bonds is 6. The van der Waals surface area contributed by atoms with Crippen molar-refractivity contribution < 1.29 is 9.53 Å². The quantitative estimate of drug-likeness (QED) is 0.363. The number of pyridine rings is 1. The Bertz CT molecular complexity index is 1120. The van der Waals surface area contributed by atoms with E-state index in [0.717, 1.165) is 19.5 Å². The SMILES string of the molecule is COCCCN1C(=O)/C(=C\c2c(N3C[C@@H](C)C[C@H](C)C3)nc3ccccn3c2=O)SC1=S. The van der Waals surface area contributed by atoms with E-state index < -0.39 is 0 Å². The number of anilines is 1. The molecule has 0 N–H and O–H groups in total. The molecule has 0 bridgehead atoms. The largest absolute Gasteiger partial charge is 0.385 e. The van der Waals surface area contributed by atoms with Gasteiger partial charge in [0.05, 0.1) is 10.5 Å². The predicted octanol–water partition coefficient (Wildman–Crippen LogP) is 3.41. The Kier molecular flexibility index (Phi) is 6.97. The normalized spacial score (nSPS) is 23.0. The first-order valence-electron chi connectivity index (χ1n) is 10.9. The van der Waals surface area contributed by atoms with E-state index >= 15 is 0 Å². The number of hydrogen-bond donors (Lipinski definition) is 0. The van der Waals surface area contributed by atoms with E-state index in [1.807, 2.05) is 12.1 Å². The third-order valence-electron chi connectivity index (χ3n) is 5.80. The van der Waals surface area contributed by atoms with Crippen molar-refractivity contribution in [2.45, 2.75) is 26.7 Å². The summed E-state index contributed by atoms with van der Waals surface area (Å²) >= 11 is 6.68. The Morgan fingerprint density at radius 3 is 2.72 bits per heavy atom. The molecule has 2 atom stereocenters. The van der Waals surface area contributed by atoms with Gasteiger partial charge in [0.25, 0.3) is 11.5 Å². The van der Waals surface area contributed by atoms with Gasteiger partial charge in [0.2, 0.25) is 0 Å². The molecule has 1 amide bonds. The summed E-state index contributed by atoms with van der Waals surface area (Å²) < 4.78 is 7.13. The maximum absolute atomic E-state index is 13.5. The smallest absolute Gasteiger partial charge is 0.267 e. The number of fused-ring (bicyclic) bond motifs is 1. The van der Waals surface area contributed by atoms with Gasteiger partial charge in [-0.2, -0.15) is 0 Å². The second-order valence-corrected chi connectivity index (χ2v) is 10.3. The second kappa shape index (κ2) is 9.72. The molecule has 0 aliphatic carbocycles. The molecule has 7 nitrogen and oxygen atoms in total. The van der Waals surface area contributed by atoms with Gasteiger partial charge in [-0.15, -0.1) is 0 Å². The first-order chi connectivity index (χ1) is 15.4. The fourth-order valence-corrected chi connectivity index (χ4v) is 5.78. The summed E-state index contributed by atoms with van der Waals surface area (Å²) in [6.45, 7) is 7.17. The maximum atomic E-state index is 13.5. The summed E-state index contributed by atoms with van der Waals surface area (Å²) in [4.78, 5) is 35.6. The van der Waals surface area contributed by atoms with Crippen LogP contribution >= 0.6 is 24.0 Å². The Hall–Kier alpha value is -2.23. The van der Waals surface area contributed by atoms with Crippen LogP contribution in [0.5, 0.6) is 0 Å². The molecule has 2 aromatic heterocycles. The van der Waals surface area contributed by atoms with E-state index in [4.69, 9.17) is 21.9 Å². The minimum Gasteiger partial charge on any atom is -0.385 e. The van der Waals surface area contributed by atoms with Crippen LogP contribution in [0.1, 0.15) is 32.3 Å². The highest BCUT2D eigenvalue weighted by Gasteiger charge is 2.33. The summed E-state index contributed by atoms with van der Waals surface area (Å²) in [5.74, 6) is 1.48. The van der Waals surface area contributed by atoms with Gasteiger partial charge in [-0.05, 0) is 42.9 Å². The van der Waals surface area contributed by atoms with Gasteiger partial charge in [0, 0.05) is 39.5 Å². The number of methoxy groups -OCH3 is 1. The van der Waals surface area contributed by atoms with Crippen molar-refractivity contribution in [2.24, 2.45) is 11.8 Å². The number of ether oxygens (including phenoxy) is 1. The van der Waals surface area contributed by atoms with Gasteiger partial charge in [-0.1, -0.05) is 43.9 Å². The van der Waals surface area contributed by atoms with Crippen molar-refractivity contribution in [3.8, 4) is 0 Å². The number of aromatic nitrogens is 2. The average Bonchev–Trinajstić information content (AvgIpc) is 3.02. The standard InChI is InChI=1S/C23H28N4O3S2/c1-15-11-16(2)14-25(13-15)20-17(21(28)26-8-5-4-7-19(26)24-20)12-18-22(29)27(23(31)32-18)9-6-10-30-3/h4-5,7-8,12,15-16H,6,9-11,13-14H2,1-3H3/b18-12+/t15-,16-/m0/s1. The van der Waals surface area contributed by atoms with Crippen LogP contribution < -0.4 is 10.5 Å². The van der Waals surface area contributed by atoms with Crippen molar-refractivity contribution >= 4 is 51.7 Å². The molecule has 0 radical (unpaired) electrons. The fraction of sp³-hybridized carbons (Fsp3) is 0.478. The van der Waals surface area contributed by atoms with E-state index in [2.05, 4.69) is 18.7 Å². The molecule has 2 fully saturated rings. The van der Waals surface area contributed by atoms with Gasteiger partial charge >= 0.3 is 0 Å². The van der Waals surface area contributed by atoms with Crippen molar-refractivity contribution in [3.05, 3.63) is 45.2 Å². The van der Waals surface area contributed by atoms with Crippen LogP contribution in [-0.4, -0.2) is 57.9 Å². The molecule has 2 aliphatic rings. The molecular formula is C23H28N4O3S2. The van der Waals surface area contributed by atoms with Crippen LogP contribution in [-0.2, 0) is 9.53 Å². The molecule has 9 heteroatoms. The summed E-state index contributed by atoms with van der Waals surface area (Å²) in [5.41, 5.74) is 0.858. The Morgan fingerprint density at radius 1 is 1.25 bits per heavy atom. The Balaban J connectivity index is 1.77. The van der Waals surface area contributed by atoms with Crippen LogP contribution in [0, 0.1) is 11.8 Å². The summed E-state index contributed by atoms with van der Waals surface area (Å²) in [6, 6.07) is 5.51. The van der Waals surface area contributed by atoms with Crippen LogP contribution in [0.25, 0.3) is 11.7 Å². The Morgan fingerprint density at radius 2 is 2.00 bits per heavy atom. The van der Waals surface area contributed by atoms with Gasteiger partial charge in [-0.25, -0.2) is 4.98 Å². The summed E-state index contributed by atoms with van der Waals surface area (Å²) in [6.07, 6.45) is 5.25. The molecule has 4 rings (SSSR count). The molecular weight excluding hydrogens is 444 g/mol. The molecule has 0 aromatic carbocycles. The molecule has 2 saturated heterocycles. The number of piperidine rings is 1. The highest BCUT2D eigenvalue weighted by atomic mass is 32.2. The number of amides is 1. The lowest BCUT2D eigenvalue weighted by Gasteiger charge is -2.36. The number of hydrogen-bond acceptors (Lipinski definition) is 7. The van der Waals surface area contributed by atoms with Gasteiger partial charge < -0.3 is 9.64 Å². The third kappa shape index (κ3) is 4.60. The Labute approximate surface area is 197 Å². The van der Waals surface area contributed by atoms with E-state index in [-0.39, 0.29) is 11.5 Å². The average molecular weight is 473 g/mol. The van der Waals surface area contributed by atoms with Gasteiger partial charge in [-0.3, -0.25) is 18.9 Å². The van der Waals surface area contributed by atoms with Crippen molar-refractivity contribution in [2.75, 3.05) is 38.3 Å². The topological polar surface area (TPSA) is 67.2 Å². The zero-order valence-corrected chi connectivity index (χ0v) is 20.2. The molecule has 0 spiro atoms. The second-order valence-electron chi connectivity index (χ2n) is 8.61. The molecule has 0 unspecified atom stereocenters. The van der Waals surface area contributed by atoms with E-state index in [1.165, 1.54) is 16.2 Å². The van der Waals surface area contributed by atoms with E-state index in [9.17, 15) is 9.59 Å². The van der Waals surface area contributed by atoms with Crippen molar-refractivity contribution in [1.29, 1.82) is 0 Å². The summed E-state index contributed by atoms with van der Waals surface area (Å²) in [7, 11) is 1.63. The van der Waals surface area contributed by atoms with E-state index in [0.29, 0.717) is 57.7 Å². The number of thioether (sulfide) groups is 1. The van der Waals surface area contributed by atoms with Crippen LogP contribution in [0.4, 0.5) is 5.82 Å². The lowest BCUT2D eigenvalue weighted by Crippen LogP contribution is -2.40. The molecule has 4 heterocycles. The lowest BCUT2D eigenvalue weighted by molar-refractivity contribution is -0.122. The number of nitrogens with zero attached hydrogens (tertiary/aromatic N) is 4. The molecule has 170 valence electrons. The number of carbonyl (C=O) groups excluding carboxylic acids is 1. The zero-order valence-electron chi connectivity index (χ0n) is 18.6. The minimum atomic E-state index is -0.180. The first-order valence-corrected chi connectivity index (χ1v) is 12.1. The van der Waals surface area contributed by atoms with Crippen molar-refractivity contribution in [1.82, 2.24) is 14.3 Å². The summed E-state index contributed by atoms with van der Waals surface area (Å²) in [5, 5.41) is 0. The third-order valence-corrected chi connectivity index (χ3v) is 7.17. The van der Waals surface area contributed by atoms with Gasteiger partial charge in [0.15, 0.2) is 0 Å². The van der Waals surface area contributed by atoms with Gasteiger partial charge in [0.1, 0.15) is 15.8 Å². The van der Waals surface area contributed by atoms with Crippen LogP contribution in [0.15, 0.2) is 34.1 Å². The fourth-order valence-electron chi connectivity index (χ4n) is 4.49. The molecule has 32 heavy (non-hydrogen) atoms. The van der Waals surface area contributed by atoms with Crippen LogP contribution in [0.2, 0.25) is 0 Å². The maximum Gasteiger partial charge on any atom is 0.267 e. The number of thiocarbonyl (C=S) groups is 1. The molecule has 0 saturated carbocycles. The lowest BCUT2D eigenvalue weighted by atomic mass is 9.91.